The number of hydrogen-bond acceptors (Lipinski definition) is 3. The molecule has 1 aromatic carbocycles. The monoisotopic (exact) mass is 367 g/mol. The van der Waals surface area contributed by atoms with E-state index < -0.39 is 0 Å². The Bertz CT molecular complexity index is 610. The van der Waals surface area contributed by atoms with Crippen LogP contribution in [0.5, 0.6) is 0 Å². The van der Waals surface area contributed by atoms with Crippen LogP contribution in [0, 0.1) is 13.8 Å². The van der Waals surface area contributed by atoms with Gasteiger partial charge in [-0.25, -0.2) is 0 Å². The molecule has 114 valence electrons. The summed E-state index contributed by atoms with van der Waals surface area (Å²) in [6.07, 6.45) is 0.841. The highest BCUT2D eigenvalue weighted by Crippen LogP contribution is 2.25. The lowest BCUT2D eigenvalue weighted by Crippen LogP contribution is -2.27. The van der Waals surface area contributed by atoms with Crippen LogP contribution in [0.1, 0.15) is 23.9 Å². The Morgan fingerprint density at radius 2 is 2.05 bits per heavy atom. The van der Waals surface area contributed by atoms with Crippen LogP contribution in [-0.2, 0) is 13.0 Å². The summed E-state index contributed by atoms with van der Waals surface area (Å²) < 4.78 is 3.14. The van der Waals surface area contributed by atoms with Crippen molar-refractivity contribution in [1.82, 2.24) is 9.78 Å². The fraction of sp³-hybridized carbons (Fsp3) is 0.438. The van der Waals surface area contributed by atoms with Crippen molar-refractivity contribution in [3.8, 4) is 0 Å². The Labute approximate surface area is 139 Å². The predicted molar refractivity (Wildman–Crippen MR) is 93.9 cm³/mol. The standard InChI is InChI=1S/C16H22BrN3S/c1-4-20-14(16(17)12(3)19-20)9-13(18)10-21-15-8-6-5-7-11(15)2/h5-8,13H,4,9-10,18H2,1-3H3. The first-order valence-electron chi connectivity index (χ1n) is 7.18. The molecule has 0 saturated carbocycles. The molecule has 0 bridgehead atoms. The van der Waals surface area contributed by atoms with Gasteiger partial charge in [-0.3, -0.25) is 4.68 Å². The number of nitrogens with zero attached hydrogens (tertiary/aromatic N) is 2. The summed E-state index contributed by atoms with van der Waals surface area (Å²) in [6, 6.07) is 8.56. The molecule has 5 heteroatoms. The number of aromatic nitrogens is 2. The zero-order chi connectivity index (χ0) is 15.4. The summed E-state index contributed by atoms with van der Waals surface area (Å²) in [7, 11) is 0. The molecule has 0 spiro atoms. The van der Waals surface area contributed by atoms with Crippen molar-refractivity contribution in [2.24, 2.45) is 5.73 Å². The molecule has 1 aromatic heterocycles. The minimum absolute atomic E-state index is 0.118. The third kappa shape index (κ3) is 4.11. The van der Waals surface area contributed by atoms with Gasteiger partial charge >= 0.3 is 0 Å². The molecule has 0 saturated heterocycles. The van der Waals surface area contributed by atoms with Gasteiger partial charge in [0.1, 0.15) is 0 Å². The van der Waals surface area contributed by atoms with Crippen LogP contribution in [0.3, 0.4) is 0 Å². The molecule has 1 atom stereocenters. The maximum absolute atomic E-state index is 6.32. The topological polar surface area (TPSA) is 43.8 Å². The highest BCUT2D eigenvalue weighted by molar-refractivity contribution is 9.10. The van der Waals surface area contributed by atoms with Gasteiger partial charge in [-0.1, -0.05) is 18.2 Å². The summed E-state index contributed by atoms with van der Waals surface area (Å²) in [5, 5.41) is 4.52. The Morgan fingerprint density at radius 3 is 2.71 bits per heavy atom. The fourth-order valence-corrected chi connectivity index (χ4v) is 3.71. The van der Waals surface area contributed by atoms with E-state index in [9.17, 15) is 0 Å². The van der Waals surface area contributed by atoms with E-state index >= 15 is 0 Å². The number of aryl methyl sites for hydroxylation is 3. The Balaban J connectivity index is 1.99. The Morgan fingerprint density at radius 1 is 1.33 bits per heavy atom. The normalized spacial score (nSPS) is 12.6. The lowest BCUT2D eigenvalue weighted by molar-refractivity contribution is 0.593. The van der Waals surface area contributed by atoms with Crippen LogP contribution in [0.15, 0.2) is 33.6 Å². The summed E-state index contributed by atoms with van der Waals surface area (Å²) >= 11 is 5.46. The van der Waals surface area contributed by atoms with Gasteiger partial charge in [-0.05, 0) is 48.3 Å². The third-order valence-electron chi connectivity index (χ3n) is 3.45. The van der Waals surface area contributed by atoms with E-state index in [4.69, 9.17) is 5.73 Å². The number of halogens is 1. The number of nitrogens with two attached hydrogens (primary N) is 1. The lowest BCUT2D eigenvalue weighted by atomic mass is 10.2. The Hall–Kier alpha value is -0.780. The summed E-state index contributed by atoms with van der Waals surface area (Å²) in [5.41, 5.74) is 9.87. The molecule has 0 aliphatic rings. The molecule has 2 aromatic rings. The lowest BCUT2D eigenvalue weighted by Gasteiger charge is -2.13. The van der Waals surface area contributed by atoms with E-state index in [1.807, 2.05) is 23.4 Å². The molecule has 1 unspecified atom stereocenters. The van der Waals surface area contributed by atoms with Gasteiger partial charge in [0, 0.05) is 29.7 Å². The van der Waals surface area contributed by atoms with Crippen LogP contribution in [0.2, 0.25) is 0 Å². The molecule has 0 radical (unpaired) electrons. The van der Waals surface area contributed by atoms with Crippen molar-refractivity contribution in [3.63, 3.8) is 0 Å². The van der Waals surface area contributed by atoms with E-state index in [1.165, 1.54) is 16.2 Å². The average molecular weight is 368 g/mol. The van der Waals surface area contributed by atoms with Crippen LogP contribution in [0.25, 0.3) is 0 Å². The molecule has 0 fully saturated rings. The van der Waals surface area contributed by atoms with Crippen molar-refractivity contribution in [2.45, 2.75) is 44.7 Å². The third-order valence-corrected chi connectivity index (χ3v) is 5.85. The molecule has 0 aliphatic carbocycles. The number of rotatable bonds is 6. The largest absolute Gasteiger partial charge is 0.327 e. The minimum Gasteiger partial charge on any atom is -0.327 e. The highest BCUT2D eigenvalue weighted by Gasteiger charge is 2.15. The molecule has 3 nitrogen and oxygen atoms in total. The van der Waals surface area contributed by atoms with Crippen LogP contribution < -0.4 is 5.73 Å². The van der Waals surface area contributed by atoms with Crippen LogP contribution in [0.4, 0.5) is 0 Å². The van der Waals surface area contributed by atoms with E-state index in [1.54, 1.807) is 0 Å². The SMILES string of the molecule is CCn1nc(C)c(Br)c1CC(N)CSc1ccccc1C. The molecule has 2 rings (SSSR count). The first kappa shape index (κ1) is 16.6. The van der Waals surface area contributed by atoms with Gasteiger partial charge in [0.2, 0.25) is 0 Å². The van der Waals surface area contributed by atoms with E-state index in [2.05, 4.69) is 59.1 Å². The van der Waals surface area contributed by atoms with E-state index in [0.29, 0.717) is 0 Å². The van der Waals surface area contributed by atoms with Gasteiger partial charge in [-0.2, -0.15) is 5.10 Å². The van der Waals surface area contributed by atoms with Crippen molar-refractivity contribution in [2.75, 3.05) is 5.75 Å². The zero-order valence-electron chi connectivity index (χ0n) is 12.8. The van der Waals surface area contributed by atoms with Crippen LogP contribution >= 0.6 is 27.7 Å². The second kappa shape index (κ2) is 7.47. The molecule has 1 heterocycles. The summed E-state index contributed by atoms with van der Waals surface area (Å²) in [6.45, 7) is 7.14. The second-order valence-corrected chi connectivity index (χ2v) is 7.06. The van der Waals surface area contributed by atoms with Gasteiger partial charge in [0.05, 0.1) is 15.9 Å². The van der Waals surface area contributed by atoms with Gasteiger partial charge < -0.3 is 5.73 Å². The highest BCUT2D eigenvalue weighted by atomic mass is 79.9. The number of hydrogen-bond donors (Lipinski definition) is 1. The van der Waals surface area contributed by atoms with Gasteiger partial charge in [0.15, 0.2) is 0 Å². The number of thioether (sulfide) groups is 1. The average Bonchev–Trinajstić information content (AvgIpc) is 2.74. The summed E-state index contributed by atoms with van der Waals surface area (Å²) in [4.78, 5) is 1.31. The summed E-state index contributed by atoms with van der Waals surface area (Å²) in [5.74, 6) is 0.908. The maximum Gasteiger partial charge on any atom is 0.0738 e. The first-order valence-corrected chi connectivity index (χ1v) is 8.96. The quantitative estimate of drug-likeness (QED) is 0.786. The molecule has 0 aliphatic heterocycles. The predicted octanol–water partition coefficient (Wildman–Crippen LogP) is 3.94. The second-order valence-electron chi connectivity index (χ2n) is 5.20. The van der Waals surface area contributed by atoms with Crippen molar-refractivity contribution >= 4 is 27.7 Å². The fourth-order valence-electron chi connectivity index (χ4n) is 2.29. The van der Waals surface area contributed by atoms with Crippen molar-refractivity contribution < 1.29 is 0 Å². The minimum atomic E-state index is 0.118. The van der Waals surface area contributed by atoms with E-state index in [-0.39, 0.29) is 6.04 Å². The molecule has 2 N–H and O–H groups in total. The van der Waals surface area contributed by atoms with Crippen molar-refractivity contribution in [3.05, 3.63) is 45.7 Å². The van der Waals surface area contributed by atoms with Gasteiger partial charge in [0.25, 0.3) is 0 Å². The van der Waals surface area contributed by atoms with Gasteiger partial charge in [-0.15, -0.1) is 11.8 Å². The maximum atomic E-state index is 6.32. The number of benzene rings is 1. The molecular formula is C16H22BrN3S. The molecule has 0 amide bonds. The molecule has 21 heavy (non-hydrogen) atoms. The smallest absolute Gasteiger partial charge is 0.0738 e. The van der Waals surface area contributed by atoms with Crippen molar-refractivity contribution in [1.29, 1.82) is 0 Å². The zero-order valence-corrected chi connectivity index (χ0v) is 15.2. The first-order chi connectivity index (χ1) is 10.0. The van der Waals surface area contributed by atoms with Crippen LogP contribution in [-0.4, -0.2) is 21.6 Å². The Kier molecular flexibility index (Phi) is 5.90. The molecular weight excluding hydrogens is 346 g/mol. The van der Waals surface area contributed by atoms with E-state index in [0.717, 1.165) is 28.9 Å².